The first-order valence-corrected chi connectivity index (χ1v) is 8.68. The van der Waals surface area contributed by atoms with Gasteiger partial charge in [0.15, 0.2) is 0 Å². The lowest BCUT2D eigenvalue weighted by Crippen LogP contribution is -2.30. The number of rotatable bonds is 6. The van der Waals surface area contributed by atoms with Crippen molar-refractivity contribution in [1.82, 2.24) is 20.1 Å². The maximum absolute atomic E-state index is 12.4. The van der Waals surface area contributed by atoms with E-state index >= 15 is 0 Å². The van der Waals surface area contributed by atoms with Gasteiger partial charge in [-0.15, -0.1) is 0 Å². The monoisotopic (exact) mass is 386 g/mol. The molecule has 0 radical (unpaired) electrons. The van der Waals surface area contributed by atoms with E-state index in [1.54, 1.807) is 35.3 Å². The van der Waals surface area contributed by atoms with Crippen molar-refractivity contribution in [2.45, 2.75) is 12.6 Å². The number of benzene rings is 2. The first kappa shape index (κ1) is 18.2. The Morgan fingerprint density at radius 2 is 2.00 bits per heavy atom. The van der Waals surface area contributed by atoms with Gasteiger partial charge in [0.05, 0.1) is 12.6 Å². The van der Waals surface area contributed by atoms with Gasteiger partial charge in [0, 0.05) is 16.1 Å². The Morgan fingerprint density at radius 1 is 1.19 bits per heavy atom. The molecule has 1 atom stereocenters. The van der Waals surface area contributed by atoms with Crippen LogP contribution < -0.4 is 5.32 Å². The number of nitrogens with one attached hydrogen (secondary N) is 1. The van der Waals surface area contributed by atoms with Crippen LogP contribution in [0.3, 0.4) is 0 Å². The van der Waals surface area contributed by atoms with Gasteiger partial charge >= 0.3 is 0 Å². The van der Waals surface area contributed by atoms with Crippen LogP contribution in [0, 0.1) is 0 Å². The second-order valence-electron chi connectivity index (χ2n) is 5.59. The summed E-state index contributed by atoms with van der Waals surface area (Å²) in [6.07, 6.45) is 6.16. The third kappa shape index (κ3) is 4.94. The summed E-state index contributed by atoms with van der Waals surface area (Å²) in [4.78, 5) is 16.3. The van der Waals surface area contributed by atoms with Crippen molar-refractivity contribution in [2.24, 2.45) is 0 Å². The van der Waals surface area contributed by atoms with Crippen molar-refractivity contribution in [2.75, 3.05) is 0 Å². The summed E-state index contributed by atoms with van der Waals surface area (Å²) < 4.78 is 1.68. The number of halogens is 2. The number of hydrogen-bond acceptors (Lipinski definition) is 3. The molecule has 2 aromatic carbocycles. The number of carbonyl (C=O) groups is 1. The standard InChI is InChI=1S/C19H16Cl2N4O/c20-16-7-8-17(21)15(10-16)6-9-19(26)24-18(11-25-13-22-12-23-25)14-4-2-1-3-5-14/h1-10,12-13,18H,11H2,(H,24,26)/b9-6+. The minimum absolute atomic E-state index is 0.241. The van der Waals surface area contributed by atoms with Crippen LogP contribution in [-0.2, 0) is 11.3 Å². The Bertz CT molecular complexity index is 895. The highest BCUT2D eigenvalue weighted by molar-refractivity contribution is 6.34. The molecule has 1 N–H and O–H groups in total. The van der Waals surface area contributed by atoms with E-state index < -0.39 is 0 Å². The van der Waals surface area contributed by atoms with Crippen molar-refractivity contribution in [1.29, 1.82) is 0 Å². The van der Waals surface area contributed by atoms with E-state index in [1.165, 1.54) is 12.4 Å². The average molecular weight is 387 g/mol. The molecule has 0 aliphatic carbocycles. The zero-order valence-corrected chi connectivity index (χ0v) is 15.2. The molecule has 1 aromatic heterocycles. The predicted molar refractivity (Wildman–Crippen MR) is 103 cm³/mol. The molecule has 0 spiro atoms. The van der Waals surface area contributed by atoms with Crippen LogP contribution >= 0.6 is 23.2 Å². The zero-order chi connectivity index (χ0) is 18.4. The molecule has 7 heteroatoms. The Hall–Kier alpha value is -2.63. The molecule has 1 amide bonds. The molecule has 0 bridgehead atoms. The van der Waals surface area contributed by atoms with E-state index in [4.69, 9.17) is 23.2 Å². The van der Waals surface area contributed by atoms with Crippen LogP contribution in [0.2, 0.25) is 10.0 Å². The molecule has 1 unspecified atom stereocenters. The zero-order valence-electron chi connectivity index (χ0n) is 13.7. The third-order valence-electron chi connectivity index (χ3n) is 3.73. The fourth-order valence-electron chi connectivity index (χ4n) is 2.46. The Labute approximate surface area is 161 Å². The van der Waals surface area contributed by atoms with Crippen LogP contribution in [0.1, 0.15) is 17.2 Å². The lowest BCUT2D eigenvalue weighted by molar-refractivity contribution is -0.117. The number of amides is 1. The maximum Gasteiger partial charge on any atom is 0.244 e. The van der Waals surface area contributed by atoms with Crippen LogP contribution in [-0.4, -0.2) is 20.7 Å². The van der Waals surface area contributed by atoms with Gasteiger partial charge in [-0.05, 0) is 35.4 Å². The minimum Gasteiger partial charge on any atom is -0.344 e. The fraction of sp³-hybridized carbons (Fsp3) is 0.105. The topological polar surface area (TPSA) is 59.8 Å². The van der Waals surface area contributed by atoms with Gasteiger partial charge < -0.3 is 5.32 Å². The highest BCUT2D eigenvalue weighted by atomic mass is 35.5. The Balaban J connectivity index is 1.74. The molecular weight excluding hydrogens is 371 g/mol. The van der Waals surface area contributed by atoms with E-state index in [1.807, 2.05) is 30.3 Å². The van der Waals surface area contributed by atoms with Gasteiger partial charge in [0.1, 0.15) is 12.7 Å². The summed E-state index contributed by atoms with van der Waals surface area (Å²) >= 11 is 12.1. The summed E-state index contributed by atoms with van der Waals surface area (Å²) in [6.45, 7) is 0.474. The van der Waals surface area contributed by atoms with Crippen LogP contribution in [0.4, 0.5) is 0 Å². The molecule has 3 aromatic rings. The van der Waals surface area contributed by atoms with Gasteiger partial charge in [0.25, 0.3) is 0 Å². The molecule has 3 rings (SSSR count). The van der Waals surface area contributed by atoms with E-state index in [-0.39, 0.29) is 11.9 Å². The number of hydrogen-bond donors (Lipinski definition) is 1. The summed E-state index contributed by atoms with van der Waals surface area (Å²) in [6, 6.07) is 14.6. The van der Waals surface area contributed by atoms with Crippen molar-refractivity contribution in [3.05, 3.63) is 88.4 Å². The third-order valence-corrected chi connectivity index (χ3v) is 4.31. The molecule has 0 saturated carbocycles. The SMILES string of the molecule is O=C(/C=C/c1cc(Cl)ccc1Cl)NC(Cn1cncn1)c1ccccc1. The molecule has 132 valence electrons. The van der Waals surface area contributed by atoms with Crippen molar-refractivity contribution >= 4 is 35.2 Å². The predicted octanol–water partition coefficient (Wildman–Crippen LogP) is 4.16. The quantitative estimate of drug-likeness (QED) is 0.647. The van der Waals surface area contributed by atoms with Crippen molar-refractivity contribution in [3.63, 3.8) is 0 Å². The number of nitrogens with zero attached hydrogens (tertiary/aromatic N) is 3. The van der Waals surface area contributed by atoms with Crippen LogP contribution in [0.15, 0.2) is 67.3 Å². The highest BCUT2D eigenvalue weighted by Crippen LogP contribution is 2.22. The van der Waals surface area contributed by atoms with Crippen LogP contribution in [0.25, 0.3) is 6.08 Å². The largest absolute Gasteiger partial charge is 0.344 e. The van der Waals surface area contributed by atoms with Gasteiger partial charge in [0.2, 0.25) is 5.91 Å². The van der Waals surface area contributed by atoms with Crippen molar-refractivity contribution in [3.8, 4) is 0 Å². The lowest BCUT2D eigenvalue weighted by atomic mass is 10.1. The van der Waals surface area contributed by atoms with E-state index in [0.717, 1.165) is 5.56 Å². The summed E-state index contributed by atoms with van der Waals surface area (Å²) in [7, 11) is 0. The Kier molecular flexibility index (Phi) is 6.04. The van der Waals surface area contributed by atoms with E-state index in [2.05, 4.69) is 15.4 Å². The smallest absolute Gasteiger partial charge is 0.244 e. The van der Waals surface area contributed by atoms with Crippen molar-refractivity contribution < 1.29 is 4.79 Å². The van der Waals surface area contributed by atoms with E-state index in [9.17, 15) is 4.79 Å². The number of aromatic nitrogens is 3. The molecule has 5 nitrogen and oxygen atoms in total. The number of carbonyl (C=O) groups excluding carboxylic acids is 1. The molecule has 0 aliphatic rings. The second kappa shape index (κ2) is 8.65. The van der Waals surface area contributed by atoms with Crippen LogP contribution in [0.5, 0.6) is 0 Å². The molecule has 26 heavy (non-hydrogen) atoms. The summed E-state index contributed by atoms with van der Waals surface area (Å²) in [5.41, 5.74) is 1.66. The molecular formula is C19H16Cl2N4O. The highest BCUT2D eigenvalue weighted by Gasteiger charge is 2.14. The minimum atomic E-state index is -0.245. The van der Waals surface area contributed by atoms with Gasteiger partial charge in [-0.25, -0.2) is 4.98 Å². The fourth-order valence-corrected chi connectivity index (χ4v) is 2.82. The molecule has 1 heterocycles. The molecule has 0 aliphatic heterocycles. The molecule has 0 saturated heterocycles. The summed E-state index contributed by atoms with van der Waals surface area (Å²) in [5.74, 6) is -0.241. The maximum atomic E-state index is 12.4. The normalized spacial score (nSPS) is 12.2. The first-order valence-electron chi connectivity index (χ1n) is 7.93. The average Bonchev–Trinajstić information content (AvgIpc) is 3.16. The second-order valence-corrected chi connectivity index (χ2v) is 6.43. The van der Waals surface area contributed by atoms with E-state index in [0.29, 0.717) is 22.2 Å². The molecule has 0 fully saturated rings. The van der Waals surface area contributed by atoms with Gasteiger partial charge in [-0.3, -0.25) is 9.48 Å². The summed E-state index contributed by atoms with van der Waals surface area (Å²) in [5, 5.41) is 8.18. The lowest BCUT2D eigenvalue weighted by Gasteiger charge is -2.18. The van der Waals surface area contributed by atoms with Gasteiger partial charge in [-0.1, -0.05) is 53.5 Å². The van der Waals surface area contributed by atoms with Gasteiger partial charge in [-0.2, -0.15) is 5.10 Å². The Morgan fingerprint density at radius 3 is 2.73 bits per heavy atom. The first-order chi connectivity index (χ1) is 12.6.